The number of rotatable bonds is 12. The van der Waals surface area contributed by atoms with Gasteiger partial charge in [-0.05, 0) is 54.4 Å². The highest BCUT2D eigenvalue weighted by Crippen LogP contribution is 2.35. The number of anilines is 1. The van der Waals surface area contributed by atoms with Gasteiger partial charge in [-0.1, -0.05) is 17.8 Å². The van der Waals surface area contributed by atoms with Gasteiger partial charge in [-0.2, -0.15) is 0 Å². The van der Waals surface area contributed by atoms with Gasteiger partial charge in [0.05, 0.1) is 30.9 Å². The lowest BCUT2D eigenvalue weighted by Gasteiger charge is -2.14. The fourth-order valence-electron chi connectivity index (χ4n) is 4.44. The second-order valence-electron chi connectivity index (χ2n) is 9.46. The molecular formula is C30H29FN4O7S. The summed E-state index contributed by atoms with van der Waals surface area (Å²) < 4.78 is 36.0. The van der Waals surface area contributed by atoms with Gasteiger partial charge >= 0.3 is 0 Å². The Morgan fingerprint density at radius 1 is 1.00 bits per heavy atom. The van der Waals surface area contributed by atoms with E-state index in [0.29, 0.717) is 52.6 Å². The maximum atomic E-state index is 13.6. The highest BCUT2D eigenvalue weighted by atomic mass is 32.2. The van der Waals surface area contributed by atoms with Crippen molar-refractivity contribution in [1.82, 2.24) is 14.9 Å². The van der Waals surface area contributed by atoms with E-state index in [1.165, 1.54) is 28.8 Å². The maximum absolute atomic E-state index is 13.6. The third-order valence-electron chi connectivity index (χ3n) is 6.62. The molecule has 1 aliphatic heterocycles. The Labute approximate surface area is 250 Å². The van der Waals surface area contributed by atoms with Crippen LogP contribution in [0.25, 0.3) is 10.9 Å². The quantitative estimate of drug-likeness (QED) is 0.182. The van der Waals surface area contributed by atoms with Crippen LogP contribution in [0.3, 0.4) is 0 Å². The Kier molecular flexibility index (Phi) is 9.30. The first kappa shape index (κ1) is 29.7. The minimum absolute atomic E-state index is 0.0128. The van der Waals surface area contributed by atoms with E-state index in [2.05, 4.69) is 15.6 Å². The standard InChI is InChI=1S/C30H29FN4O7S/c1-39-23-8-3-18(13-24(23)40-2)9-11-32-27(36)10-12-35-29(38)21-14-25-26(42-17-41-25)15-22(21)34-30(35)43-16-28(37)33-20-6-4-19(31)5-7-20/h3-8,13-15H,9-12,16-17H2,1-2H3,(H,32,36)(H,33,37). The summed E-state index contributed by atoms with van der Waals surface area (Å²) in [6.07, 6.45) is 0.583. The van der Waals surface area contributed by atoms with Crippen molar-refractivity contribution < 1.29 is 32.9 Å². The van der Waals surface area contributed by atoms with Gasteiger partial charge in [-0.15, -0.1) is 0 Å². The molecule has 2 N–H and O–H groups in total. The van der Waals surface area contributed by atoms with Crippen LogP contribution in [0.2, 0.25) is 0 Å². The zero-order valence-corrected chi connectivity index (χ0v) is 24.3. The fraction of sp³-hybridized carbons (Fsp3) is 0.267. The molecule has 5 rings (SSSR count). The van der Waals surface area contributed by atoms with Crippen LogP contribution in [0, 0.1) is 5.82 Å². The van der Waals surface area contributed by atoms with Gasteiger partial charge in [0.1, 0.15) is 5.82 Å². The van der Waals surface area contributed by atoms with Crippen LogP contribution in [0.15, 0.2) is 64.5 Å². The minimum atomic E-state index is -0.414. The molecule has 1 aliphatic rings. The molecule has 43 heavy (non-hydrogen) atoms. The maximum Gasteiger partial charge on any atom is 0.262 e. The van der Waals surface area contributed by atoms with Crippen LogP contribution in [-0.4, -0.2) is 54.7 Å². The summed E-state index contributed by atoms with van der Waals surface area (Å²) in [4.78, 5) is 43.5. The number of nitrogens with zero attached hydrogens (tertiary/aromatic N) is 2. The number of benzene rings is 3. The number of aromatic nitrogens is 2. The Morgan fingerprint density at radius 2 is 1.74 bits per heavy atom. The molecule has 0 fully saturated rings. The normalized spacial score (nSPS) is 11.8. The van der Waals surface area contributed by atoms with Gasteiger partial charge < -0.3 is 29.6 Å². The van der Waals surface area contributed by atoms with Crippen molar-refractivity contribution in [2.24, 2.45) is 0 Å². The fourth-order valence-corrected chi connectivity index (χ4v) is 5.27. The smallest absolute Gasteiger partial charge is 0.262 e. The predicted molar refractivity (Wildman–Crippen MR) is 159 cm³/mol. The molecule has 2 amide bonds. The van der Waals surface area contributed by atoms with Gasteiger partial charge in [0.2, 0.25) is 18.6 Å². The highest BCUT2D eigenvalue weighted by molar-refractivity contribution is 7.99. The second-order valence-corrected chi connectivity index (χ2v) is 10.4. The van der Waals surface area contributed by atoms with E-state index in [1.807, 2.05) is 12.1 Å². The predicted octanol–water partition coefficient (Wildman–Crippen LogP) is 3.76. The number of halogens is 1. The van der Waals surface area contributed by atoms with Gasteiger partial charge in [0.15, 0.2) is 28.2 Å². The second kappa shape index (κ2) is 13.5. The average Bonchev–Trinajstić information content (AvgIpc) is 3.47. The van der Waals surface area contributed by atoms with E-state index < -0.39 is 5.82 Å². The first-order valence-corrected chi connectivity index (χ1v) is 14.3. The van der Waals surface area contributed by atoms with Crippen molar-refractivity contribution in [3.8, 4) is 23.0 Å². The molecule has 0 atom stereocenters. The summed E-state index contributed by atoms with van der Waals surface area (Å²) in [6, 6.07) is 14.1. The summed E-state index contributed by atoms with van der Waals surface area (Å²) >= 11 is 1.05. The number of hydrogen-bond acceptors (Lipinski definition) is 9. The molecule has 1 aromatic heterocycles. The molecule has 0 saturated carbocycles. The molecule has 3 aromatic carbocycles. The lowest BCUT2D eigenvalue weighted by Crippen LogP contribution is -2.30. The van der Waals surface area contributed by atoms with Crippen LogP contribution < -0.4 is 35.1 Å². The van der Waals surface area contributed by atoms with Crippen molar-refractivity contribution in [3.63, 3.8) is 0 Å². The lowest BCUT2D eigenvalue weighted by molar-refractivity contribution is -0.121. The topological polar surface area (TPSA) is 130 Å². The van der Waals surface area contributed by atoms with Gasteiger partial charge in [-0.25, -0.2) is 9.37 Å². The van der Waals surface area contributed by atoms with Crippen molar-refractivity contribution >= 4 is 40.2 Å². The molecule has 2 heterocycles. The molecule has 4 aromatic rings. The third-order valence-corrected chi connectivity index (χ3v) is 7.60. The summed E-state index contributed by atoms with van der Waals surface area (Å²) in [5, 5.41) is 6.14. The number of carbonyl (C=O) groups excluding carboxylic acids is 2. The summed E-state index contributed by atoms with van der Waals surface area (Å²) in [6.45, 7) is 0.461. The molecule has 13 heteroatoms. The average molecular weight is 609 g/mol. The Morgan fingerprint density at radius 3 is 2.49 bits per heavy atom. The van der Waals surface area contributed by atoms with Crippen molar-refractivity contribution in [1.29, 1.82) is 0 Å². The molecular weight excluding hydrogens is 579 g/mol. The van der Waals surface area contributed by atoms with Gasteiger partial charge in [0, 0.05) is 31.3 Å². The number of amides is 2. The zero-order chi connectivity index (χ0) is 30.3. The Bertz CT molecular complexity index is 1710. The lowest BCUT2D eigenvalue weighted by atomic mass is 10.1. The van der Waals surface area contributed by atoms with Crippen molar-refractivity contribution in [2.45, 2.75) is 24.5 Å². The SMILES string of the molecule is COc1ccc(CCNC(=O)CCn2c(SCC(=O)Nc3ccc(F)cc3)nc3cc4c(cc3c2=O)OCO4)cc1OC. The van der Waals surface area contributed by atoms with Crippen molar-refractivity contribution in [2.75, 3.05) is 38.6 Å². The summed E-state index contributed by atoms with van der Waals surface area (Å²) in [5.74, 6) is 1.03. The largest absolute Gasteiger partial charge is 0.493 e. The number of methoxy groups -OCH3 is 2. The number of thioether (sulfide) groups is 1. The van der Waals surface area contributed by atoms with Gasteiger partial charge in [0.25, 0.3) is 5.56 Å². The minimum Gasteiger partial charge on any atom is -0.493 e. The number of ether oxygens (including phenoxy) is 4. The monoisotopic (exact) mass is 608 g/mol. The molecule has 11 nitrogen and oxygen atoms in total. The zero-order valence-electron chi connectivity index (χ0n) is 23.5. The first-order valence-electron chi connectivity index (χ1n) is 13.3. The highest BCUT2D eigenvalue weighted by Gasteiger charge is 2.20. The molecule has 0 bridgehead atoms. The summed E-state index contributed by atoms with van der Waals surface area (Å²) in [7, 11) is 3.13. The van der Waals surface area contributed by atoms with Crippen LogP contribution in [0.4, 0.5) is 10.1 Å². The van der Waals surface area contributed by atoms with E-state index >= 15 is 0 Å². The molecule has 0 aliphatic carbocycles. The van der Waals surface area contributed by atoms with E-state index in [-0.39, 0.29) is 48.0 Å². The number of hydrogen-bond donors (Lipinski definition) is 2. The molecule has 0 radical (unpaired) electrons. The van der Waals surface area contributed by atoms with Crippen LogP contribution >= 0.6 is 11.8 Å². The van der Waals surface area contributed by atoms with Crippen LogP contribution in [0.5, 0.6) is 23.0 Å². The molecule has 0 unspecified atom stereocenters. The van der Waals surface area contributed by atoms with E-state index in [0.717, 1.165) is 17.3 Å². The van der Waals surface area contributed by atoms with Gasteiger partial charge in [-0.3, -0.25) is 19.0 Å². The number of carbonyl (C=O) groups is 2. The molecule has 0 spiro atoms. The number of nitrogens with one attached hydrogen (secondary N) is 2. The third kappa shape index (κ3) is 7.17. The van der Waals surface area contributed by atoms with E-state index in [1.54, 1.807) is 32.4 Å². The van der Waals surface area contributed by atoms with E-state index in [4.69, 9.17) is 18.9 Å². The summed E-state index contributed by atoms with van der Waals surface area (Å²) in [5.41, 5.74) is 1.41. The van der Waals surface area contributed by atoms with Crippen LogP contribution in [0.1, 0.15) is 12.0 Å². The Balaban J connectivity index is 1.27. The molecule has 224 valence electrons. The molecule has 0 saturated heterocycles. The van der Waals surface area contributed by atoms with Crippen LogP contribution in [-0.2, 0) is 22.6 Å². The number of fused-ring (bicyclic) bond motifs is 2. The van der Waals surface area contributed by atoms with E-state index in [9.17, 15) is 18.8 Å². The Hall–Kier alpha value is -4.78. The first-order chi connectivity index (χ1) is 20.8. The van der Waals surface area contributed by atoms with Crippen molar-refractivity contribution in [3.05, 3.63) is 76.3 Å².